The van der Waals surface area contributed by atoms with Gasteiger partial charge in [0.15, 0.2) is 0 Å². The maximum atomic E-state index is 7.13. The zero-order valence-corrected chi connectivity index (χ0v) is 11.2. The molecule has 0 aromatic heterocycles. The second-order valence-corrected chi connectivity index (χ2v) is 3.62. The first-order valence-corrected chi connectivity index (χ1v) is 5.58. The Morgan fingerprint density at radius 2 is 2.00 bits per heavy atom. The van der Waals surface area contributed by atoms with Crippen molar-refractivity contribution in [3.8, 4) is 0 Å². The van der Waals surface area contributed by atoms with Crippen molar-refractivity contribution in [1.29, 1.82) is 5.41 Å². The van der Waals surface area contributed by atoms with Crippen molar-refractivity contribution in [3.05, 3.63) is 23.2 Å². The van der Waals surface area contributed by atoms with Gasteiger partial charge in [0.25, 0.3) is 0 Å². The van der Waals surface area contributed by atoms with Crippen LogP contribution in [0.25, 0.3) is 0 Å². The summed E-state index contributed by atoms with van der Waals surface area (Å²) in [6.45, 7) is 10.2. The molecule has 0 saturated carbocycles. The molecule has 2 radical (unpaired) electrons. The largest absolute Gasteiger partial charge is 0.343 e. The zero-order chi connectivity index (χ0) is 12.7. The number of nitrogens with one attached hydrogen (secondary N) is 2. The summed E-state index contributed by atoms with van der Waals surface area (Å²) in [4.78, 5) is 4.13. The predicted molar refractivity (Wildman–Crippen MR) is 74.6 cm³/mol. The van der Waals surface area contributed by atoms with Crippen LogP contribution in [0.15, 0.2) is 28.2 Å². The third kappa shape index (κ3) is 6.04. The molecule has 0 atom stereocenters. The molecule has 0 saturated heterocycles. The molecule has 1 aliphatic rings. The number of nitrogens with zero attached hydrogens (tertiary/aromatic N) is 1. The molecule has 1 rings (SSSR count). The van der Waals surface area contributed by atoms with Gasteiger partial charge in [0, 0.05) is 11.9 Å². The van der Waals surface area contributed by atoms with Gasteiger partial charge >= 0.3 is 0 Å². The van der Waals surface area contributed by atoms with Gasteiger partial charge in [0.2, 0.25) is 0 Å². The van der Waals surface area contributed by atoms with E-state index in [0.29, 0.717) is 11.7 Å². The molecule has 17 heavy (non-hydrogen) atoms. The van der Waals surface area contributed by atoms with Gasteiger partial charge in [-0.1, -0.05) is 27.7 Å². The van der Waals surface area contributed by atoms with Crippen LogP contribution in [0.1, 0.15) is 34.6 Å². The summed E-state index contributed by atoms with van der Waals surface area (Å²) in [5.74, 6) is 1.05. The van der Waals surface area contributed by atoms with Crippen LogP contribution in [0, 0.1) is 11.3 Å². The number of allylic oxidation sites excluding steroid dienone is 3. The lowest BCUT2D eigenvalue weighted by molar-refractivity contribution is 0.685. The molecular weight excluding hydrogens is 216 g/mol. The van der Waals surface area contributed by atoms with Gasteiger partial charge in [-0.05, 0) is 30.1 Å². The van der Waals surface area contributed by atoms with E-state index in [4.69, 9.17) is 13.3 Å². The minimum atomic E-state index is 0. The fourth-order valence-corrected chi connectivity index (χ4v) is 1.33. The van der Waals surface area contributed by atoms with Gasteiger partial charge in [-0.15, -0.1) is 0 Å². The molecular formula is C12H21BFN3. The fourth-order valence-electron chi connectivity index (χ4n) is 1.33. The molecule has 3 nitrogen and oxygen atoms in total. The standard InChI is InChI=1S/C10H14BN3.C2H6.FH/c1-6(2)10-7(3)5-13-9(14-10)4-8(11)12;1-2;/h4-6,12,14H,1-3H3;1-2H3;1H/b9-4-,12-8?;;. The Morgan fingerprint density at radius 3 is 2.41 bits per heavy atom. The van der Waals surface area contributed by atoms with E-state index in [0.717, 1.165) is 11.3 Å². The number of rotatable bonds is 2. The molecule has 0 spiro atoms. The molecule has 5 heteroatoms. The van der Waals surface area contributed by atoms with E-state index in [1.807, 2.05) is 20.8 Å². The average Bonchev–Trinajstić information content (AvgIpc) is 2.23. The SMILES string of the molecule is CC.F.[B]C(=N)/C=C1/N=CC(C)=C(C(C)C)N1. The summed E-state index contributed by atoms with van der Waals surface area (Å²) in [7, 11) is 5.26. The normalized spacial score (nSPS) is 16.0. The van der Waals surface area contributed by atoms with Gasteiger partial charge < -0.3 is 10.7 Å². The van der Waals surface area contributed by atoms with Crippen molar-refractivity contribution >= 4 is 19.7 Å². The first kappa shape index (κ1) is 18.0. The Hall–Kier alpha value is -1.39. The Kier molecular flexibility index (Phi) is 9.24. The molecule has 0 unspecified atom stereocenters. The number of hydrogen-bond donors (Lipinski definition) is 2. The second kappa shape index (κ2) is 8.73. The van der Waals surface area contributed by atoms with Gasteiger partial charge in [0.05, 0.1) is 0 Å². The monoisotopic (exact) mass is 237 g/mol. The van der Waals surface area contributed by atoms with Crippen LogP contribution >= 0.6 is 0 Å². The zero-order valence-electron chi connectivity index (χ0n) is 11.2. The maximum absolute atomic E-state index is 7.13. The highest BCUT2D eigenvalue weighted by molar-refractivity contribution is 6.62. The second-order valence-electron chi connectivity index (χ2n) is 3.62. The highest BCUT2D eigenvalue weighted by Gasteiger charge is 2.11. The maximum Gasteiger partial charge on any atom is 0.140 e. The molecule has 0 bridgehead atoms. The van der Waals surface area contributed by atoms with Crippen molar-refractivity contribution < 1.29 is 4.70 Å². The summed E-state index contributed by atoms with van der Waals surface area (Å²) in [5, 5.41) is 10.3. The highest BCUT2D eigenvalue weighted by atomic mass is 19.0. The summed E-state index contributed by atoms with van der Waals surface area (Å²) in [6.07, 6.45) is 3.30. The lowest BCUT2D eigenvalue weighted by Crippen LogP contribution is -2.22. The topological polar surface area (TPSA) is 48.2 Å². The predicted octanol–water partition coefficient (Wildman–Crippen LogP) is 2.76. The Morgan fingerprint density at radius 1 is 1.47 bits per heavy atom. The molecule has 2 N–H and O–H groups in total. The lowest BCUT2D eigenvalue weighted by atomic mass is 10.0. The van der Waals surface area contributed by atoms with Crippen LogP contribution in [0.3, 0.4) is 0 Å². The average molecular weight is 237 g/mol. The number of halogens is 1. The minimum Gasteiger partial charge on any atom is -0.343 e. The van der Waals surface area contributed by atoms with Crippen LogP contribution < -0.4 is 5.32 Å². The molecule has 1 aliphatic heterocycles. The highest BCUT2D eigenvalue weighted by Crippen LogP contribution is 2.16. The molecule has 0 aliphatic carbocycles. The van der Waals surface area contributed by atoms with Crippen LogP contribution in [-0.4, -0.2) is 19.7 Å². The lowest BCUT2D eigenvalue weighted by Gasteiger charge is -2.20. The Bertz CT molecular complexity index is 344. The van der Waals surface area contributed by atoms with Crippen molar-refractivity contribution in [2.75, 3.05) is 0 Å². The van der Waals surface area contributed by atoms with E-state index in [1.165, 1.54) is 6.08 Å². The van der Waals surface area contributed by atoms with E-state index >= 15 is 0 Å². The van der Waals surface area contributed by atoms with E-state index < -0.39 is 0 Å². The molecule has 0 amide bonds. The first-order valence-electron chi connectivity index (χ1n) is 5.58. The van der Waals surface area contributed by atoms with Crippen LogP contribution in [-0.2, 0) is 0 Å². The van der Waals surface area contributed by atoms with E-state index in [9.17, 15) is 0 Å². The number of aliphatic imine (C=N–C) groups is 1. The van der Waals surface area contributed by atoms with Gasteiger partial charge in [-0.25, -0.2) is 4.99 Å². The van der Waals surface area contributed by atoms with Crippen molar-refractivity contribution in [2.24, 2.45) is 10.9 Å². The van der Waals surface area contributed by atoms with Gasteiger partial charge in [-0.3, -0.25) is 4.70 Å². The van der Waals surface area contributed by atoms with Crippen LogP contribution in [0.5, 0.6) is 0 Å². The Labute approximate surface area is 104 Å². The fraction of sp³-hybridized carbons (Fsp3) is 0.500. The van der Waals surface area contributed by atoms with Gasteiger partial charge in [0.1, 0.15) is 13.7 Å². The molecule has 0 aromatic carbocycles. The van der Waals surface area contributed by atoms with Crippen molar-refractivity contribution in [2.45, 2.75) is 34.6 Å². The number of hydrogen-bond acceptors (Lipinski definition) is 3. The molecule has 94 valence electrons. The smallest absolute Gasteiger partial charge is 0.140 e. The summed E-state index contributed by atoms with van der Waals surface area (Å²) in [5.41, 5.74) is 2.26. The van der Waals surface area contributed by atoms with E-state index in [-0.39, 0.29) is 10.3 Å². The summed E-state index contributed by atoms with van der Waals surface area (Å²) in [6, 6.07) is 0. The van der Waals surface area contributed by atoms with E-state index in [1.54, 1.807) is 6.21 Å². The minimum absolute atomic E-state index is 0. The molecule has 0 fully saturated rings. The first-order chi connectivity index (χ1) is 7.50. The van der Waals surface area contributed by atoms with Gasteiger partial charge in [-0.2, -0.15) is 0 Å². The summed E-state index contributed by atoms with van der Waals surface area (Å²) >= 11 is 0. The van der Waals surface area contributed by atoms with Crippen LogP contribution in [0.2, 0.25) is 0 Å². The van der Waals surface area contributed by atoms with E-state index in [2.05, 4.69) is 24.2 Å². The third-order valence-corrected chi connectivity index (χ3v) is 1.95. The summed E-state index contributed by atoms with van der Waals surface area (Å²) < 4.78 is 0. The van der Waals surface area contributed by atoms with Crippen molar-refractivity contribution in [1.82, 2.24) is 5.32 Å². The third-order valence-electron chi connectivity index (χ3n) is 1.95. The van der Waals surface area contributed by atoms with Crippen molar-refractivity contribution in [3.63, 3.8) is 0 Å². The Balaban J connectivity index is 0. The molecule has 1 heterocycles. The van der Waals surface area contributed by atoms with Crippen LogP contribution in [0.4, 0.5) is 4.70 Å². The quantitative estimate of drug-likeness (QED) is 0.563. The molecule has 0 aromatic rings.